The van der Waals surface area contributed by atoms with Crippen molar-refractivity contribution in [3.8, 4) is 0 Å². The predicted octanol–water partition coefficient (Wildman–Crippen LogP) is -9.18. The van der Waals surface area contributed by atoms with Gasteiger partial charge >= 0.3 is 59.1 Å². The summed E-state index contributed by atoms with van der Waals surface area (Å²) in [5.74, 6) is -5.94. The van der Waals surface area contributed by atoms with Gasteiger partial charge in [-0.2, -0.15) is 0 Å². The van der Waals surface area contributed by atoms with Gasteiger partial charge in [0.05, 0.1) is 34.7 Å². The van der Waals surface area contributed by atoms with E-state index in [0.717, 1.165) is 0 Å². The molecule has 2 aliphatic rings. The normalized spacial score (nSPS) is 21.8. The van der Waals surface area contributed by atoms with Gasteiger partial charge in [-0.05, 0) is 18.2 Å². The second-order valence-electron chi connectivity index (χ2n) is 5.09. The third kappa shape index (κ3) is 3.81. The number of carbonyl (C=O) groups is 3. The molecule has 0 spiro atoms. The van der Waals surface area contributed by atoms with Crippen molar-refractivity contribution in [2.45, 2.75) is 5.37 Å². The molecule has 0 aromatic carbocycles. The van der Waals surface area contributed by atoms with Gasteiger partial charge in [-0.15, -0.1) is 0 Å². The maximum Gasteiger partial charge on any atom is 1.00 e. The molecule has 9 nitrogen and oxygen atoms in total. The molecule has 1 aromatic heterocycles. The first-order valence-corrected chi connectivity index (χ1v) is 8.29. The van der Waals surface area contributed by atoms with Gasteiger partial charge in [0.1, 0.15) is 0 Å². The number of carboxylic acids is 2. The average Bonchev–Trinajstić information content (AvgIpc) is 2.51. The SMILES string of the molecule is O=C([O-])C1=C(C(=O)[O-])N2C(=O)/C(=C\c3ccccn3)[C@H]2S(=O)(=O)C1.[Na+].[Na+]. The number of carbonyl (C=O) groups excluding carboxylic acids is 3. The van der Waals surface area contributed by atoms with Gasteiger partial charge < -0.3 is 19.8 Å². The van der Waals surface area contributed by atoms with E-state index in [1.165, 1.54) is 18.3 Å². The molecule has 2 aliphatic heterocycles. The minimum atomic E-state index is -4.15. The zero-order chi connectivity index (χ0) is 17.6. The molecule has 1 atom stereocenters. The Bertz CT molecular complexity index is 941. The van der Waals surface area contributed by atoms with Crippen molar-refractivity contribution in [3.63, 3.8) is 0 Å². The van der Waals surface area contributed by atoms with Crippen LogP contribution in [0.2, 0.25) is 0 Å². The molecular weight excluding hydrogens is 386 g/mol. The molecule has 0 bridgehead atoms. The Morgan fingerprint density at radius 2 is 1.85 bits per heavy atom. The Morgan fingerprint density at radius 1 is 1.19 bits per heavy atom. The molecule has 12 heteroatoms. The summed E-state index contributed by atoms with van der Waals surface area (Å²) in [4.78, 5) is 38.8. The summed E-state index contributed by atoms with van der Waals surface area (Å²) in [6.45, 7) is 0. The number of hydrogen-bond donors (Lipinski definition) is 0. The number of β-lactam (4-membered cyclic amide) rings is 1. The van der Waals surface area contributed by atoms with Crippen molar-refractivity contribution in [2.24, 2.45) is 0 Å². The third-order valence-electron chi connectivity index (χ3n) is 3.61. The fourth-order valence-electron chi connectivity index (χ4n) is 2.62. The van der Waals surface area contributed by atoms with Crippen LogP contribution in [0.5, 0.6) is 0 Å². The first kappa shape index (κ1) is 23.0. The van der Waals surface area contributed by atoms with Gasteiger partial charge in [-0.3, -0.25) is 14.7 Å². The Hall–Kier alpha value is -1.01. The molecule has 1 fully saturated rings. The topological polar surface area (TPSA) is 148 Å². The van der Waals surface area contributed by atoms with E-state index >= 15 is 0 Å². The number of rotatable bonds is 3. The van der Waals surface area contributed by atoms with Gasteiger partial charge in [0.2, 0.25) is 0 Å². The van der Waals surface area contributed by atoms with Gasteiger partial charge in [-0.1, -0.05) is 6.07 Å². The summed E-state index contributed by atoms with van der Waals surface area (Å²) in [7, 11) is -4.15. The van der Waals surface area contributed by atoms with E-state index < -0.39 is 50.1 Å². The van der Waals surface area contributed by atoms with Gasteiger partial charge in [0, 0.05) is 11.8 Å². The quantitative estimate of drug-likeness (QED) is 0.279. The summed E-state index contributed by atoms with van der Waals surface area (Å²) >= 11 is 0. The second kappa shape index (κ2) is 8.34. The van der Waals surface area contributed by atoms with Crippen molar-refractivity contribution in [3.05, 3.63) is 46.9 Å². The van der Waals surface area contributed by atoms with Crippen LogP contribution in [-0.2, 0) is 24.2 Å². The molecule has 26 heavy (non-hydrogen) atoms. The molecule has 1 amide bonds. The van der Waals surface area contributed by atoms with E-state index in [1.807, 2.05) is 0 Å². The van der Waals surface area contributed by atoms with Gasteiger partial charge in [-0.25, -0.2) is 8.42 Å². The fourth-order valence-corrected chi connectivity index (χ4v) is 4.51. The number of fused-ring (bicyclic) bond motifs is 1. The molecule has 3 rings (SSSR count). The van der Waals surface area contributed by atoms with E-state index in [9.17, 15) is 33.0 Å². The maximum atomic E-state index is 12.3. The fraction of sp³-hybridized carbons (Fsp3) is 0.143. The van der Waals surface area contributed by atoms with Crippen molar-refractivity contribution in [2.75, 3.05) is 5.75 Å². The summed E-state index contributed by atoms with van der Waals surface area (Å²) < 4.78 is 24.6. The van der Waals surface area contributed by atoms with Crippen molar-refractivity contribution < 1.29 is 92.1 Å². The van der Waals surface area contributed by atoms with Gasteiger partial charge in [0.25, 0.3) is 5.91 Å². The standard InChI is InChI=1S/C14H10N2O7S.2Na/c17-11-8(5-7-3-1-2-4-15-7)12-16(11)10(14(20)21)9(13(18)19)6-24(12,22)23;;/h1-5,12H,6H2,(H,18,19)(H,20,21);;/q;2*+1/p-2/b8-5+;;/t12-;;/m1../s1. The number of hydrogen-bond acceptors (Lipinski definition) is 8. The van der Waals surface area contributed by atoms with Crippen LogP contribution in [-0.4, -0.2) is 47.3 Å². The van der Waals surface area contributed by atoms with Crippen LogP contribution in [0.3, 0.4) is 0 Å². The van der Waals surface area contributed by atoms with E-state index in [2.05, 4.69) is 4.98 Å². The first-order valence-electron chi connectivity index (χ1n) is 6.57. The third-order valence-corrected chi connectivity index (χ3v) is 5.45. The van der Waals surface area contributed by atoms with Crippen LogP contribution < -0.4 is 69.3 Å². The van der Waals surface area contributed by atoms with Crippen LogP contribution in [0.25, 0.3) is 6.08 Å². The summed E-state index contributed by atoms with van der Waals surface area (Å²) in [5.41, 5.74) is -1.88. The monoisotopic (exact) mass is 394 g/mol. The Morgan fingerprint density at radius 3 is 2.35 bits per heavy atom. The van der Waals surface area contributed by atoms with E-state index in [4.69, 9.17) is 0 Å². The minimum absolute atomic E-state index is 0. The number of aliphatic carboxylic acids is 2. The van der Waals surface area contributed by atoms with Crippen molar-refractivity contribution in [1.29, 1.82) is 0 Å². The maximum absolute atomic E-state index is 12.3. The molecule has 0 unspecified atom stereocenters. The minimum Gasteiger partial charge on any atom is -0.545 e. The average molecular weight is 394 g/mol. The van der Waals surface area contributed by atoms with Crippen LogP contribution >= 0.6 is 0 Å². The summed E-state index contributed by atoms with van der Waals surface area (Å²) in [5, 5.41) is 20.6. The molecule has 0 saturated carbocycles. The Balaban J connectivity index is 0.00000169. The van der Waals surface area contributed by atoms with Crippen LogP contribution in [0.15, 0.2) is 41.2 Å². The number of nitrogens with zero attached hydrogens (tertiary/aromatic N) is 2. The van der Waals surface area contributed by atoms with E-state index in [1.54, 1.807) is 12.1 Å². The largest absolute Gasteiger partial charge is 1.00 e. The summed E-state index contributed by atoms with van der Waals surface area (Å²) in [6, 6.07) is 4.77. The van der Waals surface area contributed by atoms with Gasteiger partial charge in [0.15, 0.2) is 15.2 Å². The molecule has 0 radical (unpaired) electrons. The molecule has 1 aromatic rings. The predicted molar refractivity (Wildman–Crippen MR) is 73.7 cm³/mol. The van der Waals surface area contributed by atoms with Crippen LogP contribution in [0.1, 0.15) is 5.69 Å². The second-order valence-corrected chi connectivity index (χ2v) is 7.15. The van der Waals surface area contributed by atoms with Crippen molar-refractivity contribution >= 4 is 33.8 Å². The molecular formula is C14H8N2Na2O7S. The zero-order valence-corrected chi connectivity index (χ0v) is 18.6. The van der Waals surface area contributed by atoms with Crippen LogP contribution in [0.4, 0.5) is 0 Å². The smallest absolute Gasteiger partial charge is 0.545 e. The number of carboxylic acid groups (broad SMARTS) is 2. The number of sulfone groups is 1. The molecule has 0 N–H and O–H groups in total. The summed E-state index contributed by atoms with van der Waals surface area (Å²) in [6.07, 6.45) is 2.65. The van der Waals surface area contributed by atoms with Crippen LogP contribution in [0, 0.1) is 0 Å². The molecule has 3 heterocycles. The number of aromatic nitrogens is 1. The molecule has 124 valence electrons. The van der Waals surface area contributed by atoms with E-state index in [0.29, 0.717) is 10.6 Å². The Kier molecular flexibility index (Phi) is 7.39. The molecule has 0 aliphatic carbocycles. The zero-order valence-electron chi connectivity index (χ0n) is 13.8. The molecule has 1 saturated heterocycles. The number of pyridine rings is 1. The first-order chi connectivity index (χ1) is 11.2. The Labute approximate surface area is 192 Å². The number of amides is 1. The van der Waals surface area contributed by atoms with E-state index in [-0.39, 0.29) is 64.7 Å². The van der Waals surface area contributed by atoms with Crippen molar-refractivity contribution in [1.82, 2.24) is 9.88 Å².